The summed E-state index contributed by atoms with van der Waals surface area (Å²) in [6, 6.07) is 3.27. The van der Waals surface area contributed by atoms with Crippen LogP contribution in [0.15, 0.2) is 18.2 Å². The van der Waals surface area contributed by atoms with E-state index < -0.39 is 28.9 Å². The van der Waals surface area contributed by atoms with E-state index in [4.69, 9.17) is 9.47 Å². The molecular formula is C16H19F3O4. The summed E-state index contributed by atoms with van der Waals surface area (Å²) in [5, 5.41) is 0. The molecule has 0 aliphatic carbocycles. The molecule has 23 heavy (non-hydrogen) atoms. The molecule has 0 saturated heterocycles. The van der Waals surface area contributed by atoms with Crippen molar-refractivity contribution < 1.29 is 32.2 Å². The third-order valence-electron chi connectivity index (χ3n) is 2.69. The van der Waals surface area contributed by atoms with Gasteiger partial charge in [-0.2, -0.15) is 13.2 Å². The molecule has 0 atom stereocenters. The lowest BCUT2D eigenvalue weighted by molar-refractivity contribution is -0.155. The summed E-state index contributed by atoms with van der Waals surface area (Å²) in [7, 11) is 0. The molecule has 0 fully saturated rings. The topological polar surface area (TPSA) is 52.6 Å². The van der Waals surface area contributed by atoms with Crippen LogP contribution in [0, 0.1) is 0 Å². The van der Waals surface area contributed by atoms with Crippen LogP contribution in [0.2, 0.25) is 0 Å². The predicted molar refractivity (Wildman–Crippen MR) is 77.4 cm³/mol. The lowest BCUT2D eigenvalue weighted by Crippen LogP contribution is -2.24. The lowest BCUT2D eigenvalue weighted by Gasteiger charge is -2.19. The van der Waals surface area contributed by atoms with Crippen LogP contribution in [0.5, 0.6) is 5.75 Å². The molecule has 0 heterocycles. The average Bonchev–Trinajstić information content (AvgIpc) is 2.40. The Balaban J connectivity index is 2.62. The van der Waals surface area contributed by atoms with E-state index >= 15 is 0 Å². The minimum absolute atomic E-state index is 0.00138. The molecule has 1 rings (SSSR count). The zero-order valence-electron chi connectivity index (χ0n) is 13.2. The van der Waals surface area contributed by atoms with Gasteiger partial charge in [0.25, 0.3) is 0 Å². The van der Waals surface area contributed by atoms with Gasteiger partial charge in [-0.25, -0.2) is 0 Å². The number of rotatable bonds is 6. The van der Waals surface area contributed by atoms with Crippen LogP contribution in [0.25, 0.3) is 0 Å². The van der Waals surface area contributed by atoms with Crippen LogP contribution in [0.3, 0.4) is 0 Å². The fraction of sp³-hybridized carbons (Fsp3) is 0.500. The average molecular weight is 332 g/mol. The summed E-state index contributed by atoms with van der Waals surface area (Å²) in [6.07, 6.45) is -4.17. The summed E-state index contributed by atoms with van der Waals surface area (Å²) in [5.74, 6) is -0.570. The maximum Gasteiger partial charge on any atom is 0.417 e. The zero-order valence-corrected chi connectivity index (χ0v) is 13.2. The van der Waals surface area contributed by atoms with Crippen molar-refractivity contribution in [2.45, 2.75) is 45.4 Å². The molecule has 0 aromatic heterocycles. The molecule has 7 heteroatoms. The van der Waals surface area contributed by atoms with Gasteiger partial charge >= 0.3 is 12.1 Å². The van der Waals surface area contributed by atoms with Gasteiger partial charge in [-0.3, -0.25) is 9.59 Å². The number of benzene rings is 1. The highest BCUT2D eigenvalue weighted by Gasteiger charge is 2.34. The molecule has 1 aromatic carbocycles. The van der Waals surface area contributed by atoms with Gasteiger partial charge in [0.1, 0.15) is 11.4 Å². The summed E-state index contributed by atoms with van der Waals surface area (Å²) >= 11 is 0. The van der Waals surface area contributed by atoms with Gasteiger partial charge in [-0.15, -0.1) is 0 Å². The van der Waals surface area contributed by atoms with E-state index in [0.717, 1.165) is 6.07 Å². The summed E-state index contributed by atoms with van der Waals surface area (Å²) in [4.78, 5) is 22.4. The highest BCUT2D eigenvalue weighted by Crippen LogP contribution is 2.35. The molecule has 0 amide bonds. The second kappa shape index (κ2) is 7.48. The third-order valence-corrected chi connectivity index (χ3v) is 2.69. The number of aldehydes is 1. The van der Waals surface area contributed by atoms with Gasteiger partial charge in [0.15, 0.2) is 6.29 Å². The number of carbonyl (C=O) groups is 2. The van der Waals surface area contributed by atoms with Gasteiger partial charge in [0, 0.05) is 6.42 Å². The van der Waals surface area contributed by atoms with E-state index in [2.05, 4.69) is 0 Å². The Labute approximate surface area is 132 Å². The molecule has 0 radical (unpaired) electrons. The molecule has 1 aromatic rings. The second-order valence-electron chi connectivity index (χ2n) is 5.87. The quantitative estimate of drug-likeness (QED) is 0.448. The minimum Gasteiger partial charge on any atom is -0.493 e. The van der Waals surface area contributed by atoms with Crippen molar-refractivity contribution in [2.75, 3.05) is 6.61 Å². The van der Waals surface area contributed by atoms with E-state index in [1.807, 2.05) is 0 Å². The highest BCUT2D eigenvalue weighted by molar-refractivity contribution is 5.82. The monoisotopic (exact) mass is 332 g/mol. The van der Waals surface area contributed by atoms with Crippen LogP contribution in [-0.4, -0.2) is 24.5 Å². The van der Waals surface area contributed by atoms with Crippen LogP contribution in [0.4, 0.5) is 13.2 Å². The van der Waals surface area contributed by atoms with Crippen LogP contribution in [0.1, 0.15) is 49.5 Å². The number of esters is 1. The molecule has 0 saturated carbocycles. The van der Waals surface area contributed by atoms with Gasteiger partial charge < -0.3 is 9.47 Å². The molecule has 0 unspecified atom stereocenters. The zero-order chi connectivity index (χ0) is 17.7. The van der Waals surface area contributed by atoms with E-state index in [1.165, 1.54) is 12.1 Å². The Kier molecular flexibility index (Phi) is 6.18. The van der Waals surface area contributed by atoms with Gasteiger partial charge in [-0.1, -0.05) is 6.07 Å². The molecule has 4 nitrogen and oxygen atoms in total. The summed E-state index contributed by atoms with van der Waals surface area (Å²) in [5.41, 5.74) is -2.18. The minimum atomic E-state index is -4.63. The number of alkyl halides is 3. The van der Waals surface area contributed by atoms with Crippen molar-refractivity contribution in [3.05, 3.63) is 29.3 Å². The van der Waals surface area contributed by atoms with Crippen molar-refractivity contribution in [1.82, 2.24) is 0 Å². The fourth-order valence-corrected chi connectivity index (χ4v) is 1.83. The third kappa shape index (κ3) is 6.30. The number of halogens is 3. The summed E-state index contributed by atoms with van der Waals surface area (Å²) in [6.45, 7) is 5.21. The first-order chi connectivity index (χ1) is 10.5. The number of ether oxygens (including phenoxy) is 2. The lowest BCUT2D eigenvalue weighted by atomic mass is 10.1. The van der Waals surface area contributed by atoms with Crippen molar-refractivity contribution in [3.63, 3.8) is 0 Å². The van der Waals surface area contributed by atoms with Crippen LogP contribution < -0.4 is 4.74 Å². The van der Waals surface area contributed by atoms with Gasteiger partial charge in [0.2, 0.25) is 0 Å². The van der Waals surface area contributed by atoms with Gasteiger partial charge in [0.05, 0.1) is 17.7 Å². The van der Waals surface area contributed by atoms with Crippen molar-refractivity contribution in [3.8, 4) is 5.75 Å². The predicted octanol–water partition coefficient (Wildman–Crippen LogP) is 4.02. The Morgan fingerprint density at radius 1 is 1.22 bits per heavy atom. The van der Waals surface area contributed by atoms with Crippen molar-refractivity contribution in [2.24, 2.45) is 0 Å². The Hall–Kier alpha value is -2.05. The summed E-state index contributed by atoms with van der Waals surface area (Å²) < 4.78 is 48.7. The molecule has 0 bridgehead atoms. The maximum atomic E-state index is 12.8. The van der Waals surface area contributed by atoms with E-state index in [1.54, 1.807) is 20.8 Å². The fourth-order valence-electron chi connectivity index (χ4n) is 1.83. The number of carbonyl (C=O) groups excluding carboxylic acids is 2. The Bertz CT molecular complexity index is 559. The van der Waals surface area contributed by atoms with Crippen LogP contribution in [-0.2, 0) is 15.7 Å². The second-order valence-corrected chi connectivity index (χ2v) is 5.87. The normalized spacial score (nSPS) is 11.9. The van der Waals surface area contributed by atoms with E-state index in [9.17, 15) is 22.8 Å². The SMILES string of the molecule is CC(C)(C)OC(=O)CCCOc1cccc(C(F)(F)F)c1C=O. The Morgan fingerprint density at radius 3 is 2.39 bits per heavy atom. The Morgan fingerprint density at radius 2 is 1.87 bits per heavy atom. The molecular weight excluding hydrogens is 313 g/mol. The van der Waals surface area contributed by atoms with Crippen LogP contribution >= 0.6 is 0 Å². The maximum absolute atomic E-state index is 12.8. The number of hydrogen-bond acceptors (Lipinski definition) is 4. The number of hydrogen-bond donors (Lipinski definition) is 0. The van der Waals surface area contributed by atoms with Gasteiger partial charge in [-0.05, 0) is 39.3 Å². The van der Waals surface area contributed by atoms with E-state index in [-0.39, 0.29) is 31.5 Å². The smallest absolute Gasteiger partial charge is 0.417 e. The molecule has 0 aliphatic rings. The first-order valence-electron chi connectivity index (χ1n) is 7.04. The first-order valence-corrected chi connectivity index (χ1v) is 7.04. The molecule has 128 valence electrons. The highest BCUT2D eigenvalue weighted by atomic mass is 19.4. The largest absolute Gasteiger partial charge is 0.493 e. The molecule has 0 aliphatic heterocycles. The molecule has 0 spiro atoms. The first kappa shape index (κ1) is 19.0. The van der Waals surface area contributed by atoms with Crippen molar-refractivity contribution in [1.29, 1.82) is 0 Å². The van der Waals surface area contributed by atoms with E-state index in [0.29, 0.717) is 0 Å². The molecule has 0 N–H and O–H groups in total. The standard InChI is InChI=1S/C16H19F3O4/c1-15(2,3)23-14(21)8-5-9-22-13-7-4-6-12(11(13)10-20)16(17,18)19/h4,6-7,10H,5,8-9H2,1-3H3. The van der Waals surface area contributed by atoms with Crippen molar-refractivity contribution >= 4 is 12.3 Å².